The van der Waals surface area contributed by atoms with Crippen molar-refractivity contribution in [2.24, 2.45) is 5.92 Å². The normalized spacial score (nSPS) is 21.1. The first kappa shape index (κ1) is 20.2. The second-order valence-corrected chi connectivity index (χ2v) is 8.98. The van der Waals surface area contributed by atoms with Gasteiger partial charge in [0.05, 0.1) is 17.8 Å². The van der Waals surface area contributed by atoms with Gasteiger partial charge in [0, 0.05) is 17.1 Å². The molecule has 2 atom stereocenters. The van der Waals surface area contributed by atoms with Crippen molar-refractivity contribution >= 4 is 23.3 Å². The third-order valence-electron chi connectivity index (χ3n) is 6.15. The number of fused-ring (bicyclic) bond motifs is 1. The van der Waals surface area contributed by atoms with Crippen molar-refractivity contribution in [3.8, 4) is 0 Å². The van der Waals surface area contributed by atoms with Gasteiger partial charge in [0.1, 0.15) is 11.9 Å². The maximum atomic E-state index is 13.3. The first-order chi connectivity index (χ1) is 15.0. The number of halogens is 1. The van der Waals surface area contributed by atoms with Gasteiger partial charge in [-0.2, -0.15) is 5.10 Å². The van der Waals surface area contributed by atoms with Crippen LogP contribution >= 0.6 is 11.6 Å². The SMILES string of the molecule is Cc1nn(Cc2ccccc2)c2c1C(c1ccc(Cl)cc1)[NH+]([O-])CC(=O)N2CC1CC1. The summed E-state index contributed by atoms with van der Waals surface area (Å²) in [7, 11) is 0. The van der Waals surface area contributed by atoms with Crippen LogP contribution in [0.15, 0.2) is 54.6 Å². The molecule has 0 spiro atoms. The number of rotatable bonds is 5. The van der Waals surface area contributed by atoms with E-state index in [2.05, 4.69) is 12.1 Å². The fourth-order valence-corrected chi connectivity index (χ4v) is 4.58. The second kappa shape index (κ2) is 8.11. The predicted octanol–water partition coefficient (Wildman–Crippen LogP) is 3.12. The molecule has 0 radical (unpaired) electrons. The number of hydroxylamine groups is 2. The van der Waals surface area contributed by atoms with Gasteiger partial charge in [-0.3, -0.25) is 9.69 Å². The maximum Gasteiger partial charge on any atom is 0.283 e. The molecule has 5 rings (SSSR count). The number of anilines is 1. The van der Waals surface area contributed by atoms with Crippen LogP contribution in [0.25, 0.3) is 0 Å². The molecule has 1 aromatic heterocycles. The lowest BCUT2D eigenvalue weighted by atomic mass is 9.98. The summed E-state index contributed by atoms with van der Waals surface area (Å²) in [4.78, 5) is 15.1. The highest BCUT2D eigenvalue weighted by Crippen LogP contribution is 2.38. The summed E-state index contributed by atoms with van der Waals surface area (Å²) >= 11 is 6.09. The van der Waals surface area contributed by atoms with Gasteiger partial charge < -0.3 is 10.3 Å². The average Bonchev–Trinajstić information content (AvgIpc) is 3.53. The molecule has 0 bridgehead atoms. The lowest BCUT2D eigenvalue weighted by Crippen LogP contribution is -3.08. The van der Waals surface area contributed by atoms with E-state index in [0.29, 0.717) is 24.0 Å². The molecule has 7 heteroatoms. The standard InChI is InChI=1S/C24H25ClN4O2/c1-16-22-23(19-9-11-20(25)12-10-19)29(31)15-21(30)27(13-18-7-8-18)24(22)28(26-16)14-17-5-3-2-4-6-17/h2-6,9-12,18,23,29H,7-8,13-15H2,1H3. The summed E-state index contributed by atoms with van der Waals surface area (Å²) in [6, 6.07) is 16.9. The topological polar surface area (TPSA) is 65.6 Å². The first-order valence-electron chi connectivity index (χ1n) is 10.7. The molecule has 1 aliphatic heterocycles. The number of hydrogen-bond acceptors (Lipinski definition) is 3. The quantitative estimate of drug-likeness (QED) is 0.625. The Labute approximate surface area is 186 Å². The molecule has 1 amide bonds. The van der Waals surface area contributed by atoms with Gasteiger partial charge in [0.15, 0.2) is 6.54 Å². The van der Waals surface area contributed by atoms with Crippen LogP contribution in [0, 0.1) is 18.0 Å². The first-order valence-corrected chi connectivity index (χ1v) is 11.1. The molecular formula is C24H25ClN4O2. The minimum atomic E-state index is -0.523. The minimum absolute atomic E-state index is 0.0887. The van der Waals surface area contributed by atoms with Crippen molar-refractivity contribution in [1.82, 2.24) is 9.78 Å². The zero-order chi connectivity index (χ0) is 21.5. The smallest absolute Gasteiger partial charge is 0.283 e. The number of aromatic nitrogens is 2. The molecule has 1 saturated carbocycles. The van der Waals surface area contributed by atoms with Gasteiger partial charge in [0.25, 0.3) is 5.91 Å². The Morgan fingerprint density at radius 1 is 1.13 bits per heavy atom. The van der Waals surface area contributed by atoms with Gasteiger partial charge in [-0.1, -0.05) is 54.1 Å². The van der Waals surface area contributed by atoms with E-state index in [1.165, 1.54) is 0 Å². The maximum absolute atomic E-state index is 13.3. The third-order valence-corrected chi connectivity index (χ3v) is 6.41. The molecule has 2 heterocycles. The molecule has 2 aromatic carbocycles. The van der Waals surface area contributed by atoms with Gasteiger partial charge in [0.2, 0.25) is 0 Å². The Morgan fingerprint density at radius 3 is 2.52 bits per heavy atom. The van der Waals surface area contributed by atoms with Crippen molar-refractivity contribution < 1.29 is 9.86 Å². The van der Waals surface area contributed by atoms with Crippen LogP contribution in [0.5, 0.6) is 0 Å². The Bertz CT molecular complexity index is 1090. The van der Waals surface area contributed by atoms with E-state index in [1.807, 2.05) is 46.8 Å². The second-order valence-electron chi connectivity index (χ2n) is 8.54. The van der Waals surface area contributed by atoms with Crippen molar-refractivity contribution in [3.63, 3.8) is 0 Å². The monoisotopic (exact) mass is 436 g/mol. The number of nitrogens with one attached hydrogen (secondary N) is 1. The highest BCUT2D eigenvalue weighted by Gasteiger charge is 2.40. The number of quaternary nitrogens is 1. The van der Waals surface area contributed by atoms with Crippen LogP contribution in [0.3, 0.4) is 0 Å². The van der Waals surface area contributed by atoms with E-state index in [4.69, 9.17) is 16.7 Å². The fraction of sp³-hybridized carbons (Fsp3) is 0.333. The number of aryl methyl sites for hydroxylation is 1. The Morgan fingerprint density at radius 2 is 1.84 bits per heavy atom. The molecular weight excluding hydrogens is 412 g/mol. The Kier molecular flexibility index (Phi) is 5.30. The summed E-state index contributed by atoms with van der Waals surface area (Å²) in [6.07, 6.45) is 2.25. The molecule has 0 saturated heterocycles. The number of benzene rings is 2. The summed E-state index contributed by atoms with van der Waals surface area (Å²) < 4.78 is 1.90. The molecule has 6 nitrogen and oxygen atoms in total. The van der Waals surface area contributed by atoms with Crippen molar-refractivity contribution in [1.29, 1.82) is 0 Å². The van der Waals surface area contributed by atoms with E-state index in [9.17, 15) is 10.0 Å². The van der Waals surface area contributed by atoms with E-state index in [-0.39, 0.29) is 17.5 Å². The van der Waals surface area contributed by atoms with Crippen LogP contribution in [0.4, 0.5) is 5.82 Å². The van der Waals surface area contributed by atoms with Crippen LogP contribution in [-0.4, -0.2) is 28.8 Å². The summed E-state index contributed by atoms with van der Waals surface area (Å²) in [5, 5.41) is 18.7. The number of amides is 1. The third kappa shape index (κ3) is 3.99. The number of nitrogens with zero attached hydrogens (tertiary/aromatic N) is 3. The zero-order valence-electron chi connectivity index (χ0n) is 17.4. The predicted molar refractivity (Wildman–Crippen MR) is 120 cm³/mol. The molecule has 1 fully saturated rings. The summed E-state index contributed by atoms with van der Waals surface area (Å²) in [6.45, 7) is 3.03. The van der Waals surface area contributed by atoms with Crippen molar-refractivity contribution in [2.45, 2.75) is 32.4 Å². The van der Waals surface area contributed by atoms with Gasteiger partial charge >= 0.3 is 0 Å². The van der Waals surface area contributed by atoms with Crippen LogP contribution in [0.2, 0.25) is 5.02 Å². The molecule has 1 aliphatic carbocycles. The highest BCUT2D eigenvalue weighted by molar-refractivity contribution is 6.30. The number of hydrogen-bond donors (Lipinski definition) is 1. The molecule has 2 aliphatic rings. The number of carbonyl (C=O) groups is 1. The Balaban J connectivity index is 1.66. The van der Waals surface area contributed by atoms with E-state index in [1.54, 1.807) is 12.1 Å². The lowest BCUT2D eigenvalue weighted by molar-refractivity contribution is -0.866. The van der Waals surface area contributed by atoms with E-state index >= 15 is 0 Å². The van der Waals surface area contributed by atoms with Gasteiger partial charge in [-0.25, -0.2) is 4.68 Å². The zero-order valence-corrected chi connectivity index (χ0v) is 18.2. The van der Waals surface area contributed by atoms with E-state index < -0.39 is 6.04 Å². The van der Waals surface area contributed by atoms with Gasteiger partial charge in [-0.05, 0) is 43.4 Å². The molecule has 31 heavy (non-hydrogen) atoms. The largest absolute Gasteiger partial charge is 0.633 e. The fourth-order valence-electron chi connectivity index (χ4n) is 4.45. The van der Waals surface area contributed by atoms with Crippen LogP contribution < -0.4 is 9.96 Å². The van der Waals surface area contributed by atoms with Gasteiger partial charge in [-0.15, -0.1) is 0 Å². The van der Waals surface area contributed by atoms with Crippen molar-refractivity contribution in [2.75, 3.05) is 18.0 Å². The van der Waals surface area contributed by atoms with Crippen LogP contribution in [0.1, 0.15) is 41.3 Å². The van der Waals surface area contributed by atoms with E-state index in [0.717, 1.165) is 41.0 Å². The minimum Gasteiger partial charge on any atom is -0.633 e. The number of carbonyl (C=O) groups excluding carboxylic acids is 1. The lowest BCUT2D eigenvalue weighted by Gasteiger charge is -2.29. The average molecular weight is 437 g/mol. The molecule has 2 unspecified atom stereocenters. The Hall–Kier alpha value is -2.67. The summed E-state index contributed by atoms with van der Waals surface area (Å²) in [5.41, 5.74) is 3.58. The molecule has 160 valence electrons. The molecule has 1 N–H and O–H groups in total. The molecule has 3 aromatic rings. The van der Waals surface area contributed by atoms with Crippen LogP contribution in [-0.2, 0) is 11.3 Å². The highest BCUT2D eigenvalue weighted by atomic mass is 35.5. The summed E-state index contributed by atoms with van der Waals surface area (Å²) in [5.74, 6) is 1.13. The van der Waals surface area contributed by atoms with Crippen molar-refractivity contribution in [3.05, 3.63) is 87.2 Å².